The number of hydrogen-bond acceptors (Lipinski definition) is 2. The predicted molar refractivity (Wildman–Crippen MR) is 72.9 cm³/mol. The van der Waals surface area contributed by atoms with Gasteiger partial charge in [0, 0.05) is 6.42 Å². The van der Waals surface area contributed by atoms with Gasteiger partial charge in [-0.2, -0.15) is 0 Å². The molecule has 0 aliphatic heterocycles. The molecular formula is C14H31NO. The number of rotatable bonds is 9. The summed E-state index contributed by atoms with van der Waals surface area (Å²) in [6.07, 6.45) is 12.3. The predicted octanol–water partition coefficient (Wildman–Crippen LogP) is 3.89. The van der Waals surface area contributed by atoms with Crippen molar-refractivity contribution in [3.05, 3.63) is 0 Å². The Balaban J connectivity index is 0. The van der Waals surface area contributed by atoms with E-state index in [9.17, 15) is 4.79 Å². The zero-order valence-electron chi connectivity index (χ0n) is 11.8. The first kappa shape index (κ1) is 18.0. The van der Waals surface area contributed by atoms with Crippen LogP contribution in [0.4, 0.5) is 0 Å². The second kappa shape index (κ2) is 17.0. The van der Waals surface area contributed by atoms with Crippen LogP contribution in [0.25, 0.3) is 0 Å². The van der Waals surface area contributed by atoms with E-state index in [-0.39, 0.29) is 0 Å². The topological polar surface area (TPSA) is 20.3 Å². The lowest BCUT2D eigenvalue weighted by Gasteiger charge is -1.98. The molecule has 0 aliphatic carbocycles. The lowest BCUT2D eigenvalue weighted by Crippen LogP contribution is -1.99. The summed E-state index contributed by atoms with van der Waals surface area (Å²) >= 11 is 0. The molecule has 0 fully saturated rings. The summed E-state index contributed by atoms with van der Waals surface area (Å²) in [7, 11) is 6.00. The Labute approximate surface area is 102 Å². The molecule has 0 rings (SSSR count). The van der Waals surface area contributed by atoms with Crippen molar-refractivity contribution in [1.82, 2.24) is 4.90 Å². The second-order valence-corrected chi connectivity index (χ2v) is 4.77. The molecule has 0 heterocycles. The fraction of sp³-hybridized carbons (Fsp3) is 0.929. The van der Waals surface area contributed by atoms with Crippen molar-refractivity contribution in [3.8, 4) is 0 Å². The van der Waals surface area contributed by atoms with E-state index < -0.39 is 0 Å². The zero-order valence-corrected chi connectivity index (χ0v) is 11.8. The molecule has 0 saturated carbocycles. The first-order valence-corrected chi connectivity index (χ1v) is 6.69. The third-order valence-corrected chi connectivity index (χ3v) is 2.18. The molecule has 0 aromatic heterocycles. The van der Waals surface area contributed by atoms with Crippen molar-refractivity contribution in [2.45, 2.75) is 64.7 Å². The molecule has 0 bridgehead atoms. The Hall–Kier alpha value is -0.370. The molecule has 0 spiro atoms. The fourth-order valence-corrected chi connectivity index (χ4v) is 1.36. The SMILES string of the molecule is CCCCCCCCCCC=O.CN(C)C. The van der Waals surface area contributed by atoms with Crippen LogP contribution in [0, 0.1) is 0 Å². The Bertz CT molecular complexity index is 121. The summed E-state index contributed by atoms with van der Waals surface area (Å²) in [6.45, 7) is 2.24. The third-order valence-electron chi connectivity index (χ3n) is 2.18. The Morgan fingerprint density at radius 1 is 0.812 bits per heavy atom. The Morgan fingerprint density at radius 2 is 1.19 bits per heavy atom. The maximum atomic E-state index is 9.98. The van der Waals surface area contributed by atoms with Crippen LogP contribution in [-0.2, 0) is 4.79 Å². The van der Waals surface area contributed by atoms with Gasteiger partial charge in [0.1, 0.15) is 6.29 Å². The minimum Gasteiger partial charge on any atom is -0.312 e. The van der Waals surface area contributed by atoms with E-state index >= 15 is 0 Å². The maximum absolute atomic E-state index is 9.98. The number of carbonyl (C=O) groups is 1. The summed E-state index contributed by atoms with van der Waals surface area (Å²) in [5, 5.41) is 0. The van der Waals surface area contributed by atoms with Gasteiger partial charge in [-0.15, -0.1) is 0 Å². The molecule has 0 aliphatic rings. The minimum absolute atomic E-state index is 0.759. The Morgan fingerprint density at radius 3 is 1.56 bits per heavy atom. The smallest absolute Gasteiger partial charge is 0.119 e. The van der Waals surface area contributed by atoms with Crippen molar-refractivity contribution in [2.75, 3.05) is 21.1 Å². The molecule has 2 heteroatoms. The summed E-state index contributed by atoms with van der Waals surface area (Å²) in [4.78, 5) is 12.0. The van der Waals surface area contributed by atoms with Gasteiger partial charge in [0.25, 0.3) is 0 Å². The quantitative estimate of drug-likeness (QED) is 0.441. The van der Waals surface area contributed by atoms with Crippen molar-refractivity contribution in [2.24, 2.45) is 0 Å². The van der Waals surface area contributed by atoms with Crippen molar-refractivity contribution in [3.63, 3.8) is 0 Å². The van der Waals surface area contributed by atoms with Gasteiger partial charge < -0.3 is 9.69 Å². The van der Waals surface area contributed by atoms with E-state index in [0.29, 0.717) is 0 Å². The first-order valence-electron chi connectivity index (χ1n) is 6.69. The summed E-state index contributed by atoms with van der Waals surface area (Å²) < 4.78 is 0. The van der Waals surface area contributed by atoms with Crippen LogP contribution in [0.2, 0.25) is 0 Å². The number of carbonyl (C=O) groups excluding carboxylic acids is 1. The molecule has 0 aromatic carbocycles. The first-order chi connectivity index (χ1) is 7.65. The van der Waals surface area contributed by atoms with Crippen LogP contribution in [-0.4, -0.2) is 32.3 Å². The molecule has 16 heavy (non-hydrogen) atoms. The summed E-state index contributed by atoms with van der Waals surface area (Å²) in [5.41, 5.74) is 0. The highest BCUT2D eigenvalue weighted by molar-refractivity contribution is 5.48. The van der Waals surface area contributed by atoms with Crippen LogP contribution >= 0.6 is 0 Å². The van der Waals surface area contributed by atoms with Gasteiger partial charge in [0.15, 0.2) is 0 Å². The number of hydrogen-bond donors (Lipinski definition) is 0. The van der Waals surface area contributed by atoms with Gasteiger partial charge in [-0.3, -0.25) is 0 Å². The van der Waals surface area contributed by atoms with Crippen LogP contribution < -0.4 is 0 Å². The standard InChI is InChI=1S/C11H22O.C3H9N/c1-2-3-4-5-6-7-8-9-10-11-12;1-4(2)3/h11H,2-10H2,1H3;1-3H3. The molecule has 0 atom stereocenters. The van der Waals surface area contributed by atoms with Crippen molar-refractivity contribution < 1.29 is 4.79 Å². The molecule has 2 nitrogen and oxygen atoms in total. The monoisotopic (exact) mass is 229 g/mol. The lowest BCUT2D eigenvalue weighted by atomic mass is 10.1. The van der Waals surface area contributed by atoms with Crippen molar-refractivity contribution in [1.29, 1.82) is 0 Å². The second-order valence-electron chi connectivity index (χ2n) is 4.77. The highest BCUT2D eigenvalue weighted by atomic mass is 16.1. The molecule has 98 valence electrons. The van der Waals surface area contributed by atoms with Gasteiger partial charge >= 0.3 is 0 Å². The van der Waals surface area contributed by atoms with Crippen LogP contribution in [0.1, 0.15) is 64.7 Å². The molecule has 0 amide bonds. The number of unbranched alkanes of at least 4 members (excludes halogenated alkanes) is 8. The highest BCUT2D eigenvalue weighted by Crippen LogP contribution is 2.08. The van der Waals surface area contributed by atoms with E-state index in [0.717, 1.165) is 19.1 Å². The van der Waals surface area contributed by atoms with Crippen LogP contribution in [0.15, 0.2) is 0 Å². The number of aldehydes is 1. The van der Waals surface area contributed by atoms with E-state index in [2.05, 4.69) is 6.92 Å². The minimum atomic E-state index is 0.759. The number of nitrogens with zero attached hydrogens (tertiary/aromatic N) is 1. The Kier molecular flexibility index (Phi) is 19.2. The van der Waals surface area contributed by atoms with Gasteiger partial charge in [-0.25, -0.2) is 0 Å². The normalized spacial score (nSPS) is 9.81. The molecular weight excluding hydrogens is 198 g/mol. The van der Waals surface area contributed by atoms with Gasteiger partial charge in [0.05, 0.1) is 0 Å². The third kappa shape index (κ3) is 29.2. The van der Waals surface area contributed by atoms with E-state index in [1.54, 1.807) is 0 Å². The van der Waals surface area contributed by atoms with E-state index in [1.807, 2.05) is 26.0 Å². The highest BCUT2D eigenvalue weighted by Gasteiger charge is 1.90. The average Bonchev–Trinajstić information content (AvgIpc) is 2.21. The molecule has 0 unspecified atom stereocenters. The van der Waals surface area contributed by atoms with Gasteiger partial charge in [0.2, 0.25) is 0 Å². The lowest BCUT2D eigenvalue weighted by molar-refractivity contribution is -0.107. The molecule has 0 aromatic rings. The van der Waals surface area contributed by atoms with Crippen molar-refractivity contribution >= 4 is 6.29 Å². The van der Waals surface area contributed by atoms with Crippen LogP contribution in [0.3, 0.4) is 0 Å². The average molecular weight is 229 g/mol. The largest absolute Gasteiger partial charge is 0.312 e. The van der Waals surface area contributed by atoms with Gasteiger partial charge in [-0.1, -0.05) is 51.9 Å². The molecule has 0 N–H and O–H groups in total. The zero-order chi connectivity index (χ0) is 12.6. The van der Waals surface area contributed by atoms with E-state index in [4.69, 9.17) is 0 Å². The summed E-state index contributed by atoms with van der Waals surface area (Å²) in [5.74, 6) is 0. The van der Waals surface area contributed by atoms with Crippen LogP contribution in [0.5, 0.6) is 0 Å². The molecule has 0 radical (unpaired) electrons. The van der Waals surface area contributed by atoms with Gasteiger partial charge in [-0.05, 0) is 27.6 Å². The fourth-order valence-electron chi connectivity index (χ4n) is 1.36. The summed E-state index contributed by atoms with van der Waals surface area (Å²) in [6, 6.07) is 0. The molecule has 0 saturated heterocycles. The maximum Gasteiger partial charge on any atom is 0.119 e. The van der Waals surface area contributed by atoms with E-state index in [1.165, 1.54) is 44.9 Å².